The van der Waals surface area contributed by atoms with Gasteiger partial charge in [0.15, 0.2) is 0 Å². The maximum atomic E-state index is 13.0. The Morgan fingerprint density at radius 2 is 1.84 bits per heavy atom. The highest BCUT2D eigenvalue weighted by atomic mass is 32.1. The minimum Gasteiger partial charge on any atom is -0.323 e. The predicted molar refractivity (Wildman–Crippen MR) is 127 cm³/mol. The van der Waals surface area contributed by atoms with E-state index in [1.165, 1.54) is 16.2 Å². The Morgan fingerprint density at radius 1 is 1.03 bits per heavy atom. The highest BCUT2D eigenvalue weighted by molar-refractivity contribution is 7.14. The second-order valence-electron chi connectivity index (χ2n) is 7.04. The van der Waals surface area contributed by atoms with E-state index in [4.69, 9.17) is 0 Å². The van der Waals surface area contributed by atoms with Crippen LogP contribution in [0.5, 0.6) is 0 Å². The molecule has 5 rings (SSSR count). The van der Waals surface area contributed by atoms with Crippen molar-refractivity contribution in [1.29, 1.82) is 0 Å². The van der Waals surface area contributed by atoms with Gasteiger partial charge >= 0.3 is 0 Å². The lowest BCUT2D eigenvalue weighted by molar-refractivity contribution is -0.115. The first kappa shape index (κ1) is 20.1. The number of amides is 3. The topological polar surface area (TPSA) is 91.4 Å². The molecule has 3 amide bonds. The second kappa shape index (κ2) is 8.37. The highest BCUT2D eigenvalue weighted by Crippen LogP contribution is 2.30. The standard InChI is InChI=1S/C23H16N4O3S2/c28-20-11-27(19-4-2-1-3-17(19)25-20)23(30)14-5-7-16(8-6-14)24-21(29)18-13-32-22(26-18)15-9-10-31-12-15/h1-10,12-13H,11H2,(H,24,29)(H,25,28). The van der Waals surface area contributed by atoms with Crippen LogP contribution in [0.1, 0.15) is 20.8 Å². The van der Waals surface area contributed by atoms with E-state index >= 15 is 0 Å². The third kappa shape index (κ3) is 3.91. The minimum absolute atomic E-state index is 0.0510. The van der Waals surface area contributed by atoms with Gasteiger partial charge in [0.05, 0.1) is 11.4 Å². The average molecular weight is 461 g/mol. The number of nitrogens with zero attached hydrogens (tertiary/aromatic N) is 2. The van der Waals surface area contributed by atoms with E-state index in [9.17, 15) is 14.4 Å². The van der Waals surface area contributed by atoms with E-state index in [0.29, 0.717) is 28.3 Å². The summed E-state index contributed by atoms with van der Waals surface area (Å²) in [5, 5.41) is 12.0. The number of thiophene rings is 1. The number of carbonyl (C=O) groups is 3. The van der Waals surface area contributed by atoms with E-state index in [1.54, 1.807) is 59.2 Å². The first-order valence-electron chi connectivity index (χ1n) is 9.69. The molecule has 9 heteroatoms. The number of para-hydroxylation sites is 2. The SMILES string of the molecule is O=C1CN(C(=O)c2ccc(NC(=O)c3csc(-c4ccsc4)n3)cc2)c2ccccc2N1. The Balaban J connectivity index is 1.30. The molecule has 2 N–H and O–H groups in total. The second-order valence-corrected chi connectivity index (χ2v) is 8.68. The van der Waals surface area contributed by atoms with Crippen molar-refractivity contribution in [3.63, 3.8) is 0 Å². The molecule has 158 valence electrons. The number of aromatic nitrogens is 1. The van der Waals surface area contributed by atoms with Gasteiger partial charge in [-0.3, -0.25) is 19.3 Å². The summed E-state index contributed by atoms with van der Waals surface area (Å²) in [5.41, 5.74) is 3.56. The highest BCUT2D eigenvalue weighted by Gasteiger charge is 2.27. The number of hydrogen-bond donors (Lipinski definition) is 2. The quantitative estimate of drug-likeness (QED) is 0.461. The molecule has 0 saturated heterocycles. The molecule has 1 aliphatic rings. The van der Waals surface area contributed by atoms with Gasteiger partial charge in [0.2, 0.25) is 5.91 Å². The third-order valence-electron chi connectivity index (χ3n) is 4.91. The van der Waals surface area contributed by atoms with Crippen molar-refractivity contribution in [2.24, 2.45) is 0 Å². The van der Waals surface area contributed by atoms with E-state index < -0.39 is 0 Å². The molecule has 0 bridgehead atoms. The van der Waals surface area contributed by atoms with Crippen molar-refractivity contribution >= 4 is 57.5 Å². The minimum atomic E-state index is -0.316. The maximum Gasteiger partial charge on any atom is 0.275 e. The monoisotopic (exact) mass is 460 g/mol. The Bertz CT molecular complexity index is 1310. The smallest absolute Gasteiger partial charge is 0.275 e. The van der Waals surface area contributed by atoms with Gasteiger partial charge in [-0.25, -0.2) is 4.98 Å². The van der Waals surface area contributed by atoms with Gasteiger partial charge in [0.1, 0.15) is 17.2 Å². The summed E-state index contributed by atoms with van der Waals surface area (Å²) in [6, 6.07) is 15.7. The van der Waals surface area contributed by atoms with Crippen LogP contribution in [-0.4, -0.2) is 29.3 Å². The number of nitrogens with one attached hydrogen (secondary N) is 2. The van der Waals surface area contributed by atoms with Crippen LogP contribution < -0.4 is 15.5 Å². The first-order valence-corrected chi connectivity index (χ1v) is 11.5. The molecular formula is C23H16N4O3S2. The lowest BCUT2D eigenvalue weighted by Crippen LogP contribution is -2.42. The zero-order chi connectivity index (χ0) is 22.1. The Kier molecular flexibility index (Phi) is 5.26. The number of anilines is 3. The Hall–Kier alpha value is -3.82. The lowest BCUT2D eigenvalue weighted by Gasteiger charge is -2.29. The van der Waals surface area contributed by atoms with E-state index in [1.807, 2.05) is 22.9 Å². The molecule has 0 fully saturated rings. The largest absolute Gasteiger partial charge is 0.323 e. The normalized spacial score (nSPS) is 12.8. The van der Waals surface area contributed by atoms with E-state index in [-0.39, 0.29) is 24.3 Å². The number of rotatable bonds is 4. The van der Waals surface area contributed by atoms with Crippen LogP contribution in [0.4, 0.5) is 17.1 Å². The summed E-state index contributed by atoms with van der Waals surface area (Å²) in [7, 11) is 0. The number of carbonyl (C=O) groups excluding carboxylic acids is 3. The Labute approximate surface area is 191 Å². The maximum absolute atomic E-state index is 13.0. The van der Waals surface area contributed by atoms with Gasteiger partial charge in [0, 0.05) is 27.6 Å². The molecule has 0 radical (unpaired) electrons. The molecule has 0 aliphatic carbocycles. The average Bonchev–Trinajstić information content (AvgIpc) is 3.50. The molecule has 4 aromatic rings. The third-order valence-corrected chi connectivity index (χ3v) is 6.49. The van der Waals surface area contributed by atoms with Crippen LogP contribution in [0, 0.1) is 0 Å². The van der Waals surface area contributed by atoms with Gasteiger partial charge in [-0.2, -0.15) is 11.3 Å². The molecule has 3 heterocycles. The zero-order valence-electron chi connectivity index (χ0n) is 16.6. The van der Waals surface area contributed by atoms with E-state index in [2.05, 4.69) is 15.6 Å². The molecule has 0 saturated carbocycles. The number of fused-ring (bicyclic) bond motifs is 1. The summed E-state index contributed by atoms with van der Waals surface area (Å²) in [4.78, 5) is 43.4. The zero-order valence-corrected chi connectivity index (χ0v) is 18.2. The van der Waals surface area contributed by atoms with Crippen LogP contribution in [0.15, 0.2) is 70.7 Å². The number of hydrogen-bond acceptors (Lipinski definition) is 6. The molecule has 2 aromatic heterocycles. The van der Waals surface area contributed by atoms with Crippen LogP contribution in [0.25, 0.3) is 10.6 Å². The Morgan fingerprint density at radius 3 is 2.62 bits per heavy atom. The molecule has 0 unspecified atom stereocenters. The van der Waals surface area contributed by atoms with Crippen LogP contribution in [0.2, 0.25) is 0 Å². The molecule has 7 nitrogen and oxygen atoms in total. The van der Waals surface area contributed by atoms with Crippen LogP contribution >= 0.6 is 22.7 Å². The number of thiazole rings is 1. The fourth-order valence-corrected chi connectivity index (χ4v) is 4.87. The van der Waals surface area contributed by atoms with Gasteiger partial charge in [-0.05, 0) is 47.8 Å². The van der Waals surface area contributed by atoms with Gasteiger partial charge < -0.3 is 10.6 Å². The molecule has 0 atom stereocenters. The van der Waals surface area contributed by atoms with Crippen molar-refractivity contribution in [1.82, 2.24) is 4.98 Å². The van der Waals surface area contributed by atoms with Crippen molar-refractivity contribution in [3.8, 4) is 10.6 Å². The van der Waals surface area contributed by atoms with Gasteiger partial charge in [-0.1, -0.05) is 12.1 Å². The van der Waals surface area contributed by atoms with Gasteiger partial charge in [-0.15, -0.1) is 11.3 Å². The fourth-order valence-electron chi connectivity index (χ4n) is 3.36. The summed E-state index contributed by atoms with van der Waals surface area (Å²) >= 11 is 2.99. The summed E-state index contributed by atoms with van der Waals surface area (Å²) in [6.45, 7) is -0.0510. The summed E-state index contributed by atoms with van der Waals surface area (Å²) in [6.07, 6.45) is 0. The summed E-state index contributed by atoms with van der Waals surface area (Å²) in [5.74, 6) is -0.848. The lowest BCUT2D eigenvalue weighted by atomic mass is 10.1. The molecular weight excluding hydrogens is 444 g/mol. The summed E-state index contributed by atoms with van der Waals surface area (Å²) < 4.78 is 0. The fraction of sp³-hybridized carbons (Fsp3) is 0.0435. The molecule has 1 aliphatic heterocycles. The van der Waals surface area contributed by atoms with Crippen LogP contribution in [-0.2, 0) is 4.79 Å². The molecule has 0 spiro atoms. The van der Waals surface area contributed by atoms with E-state index in [0.717, 1.165) is 10.6 Å². The van der Waals surface area contributed by atoms with Crippen molar-refractivity contribution < 1.29 is 14.4 Å². The molecule has 2 aromatic carbocycles. The van der Waals surface area contributed by atoms with Crippen molar-refractivity contribution in [2.45, 2.75) is 0 Å². The first-order chi connectivity index (χ1) is 15.6. The van der Waals surface area contributed by atoms with Crippen LogP contribution in [0.3, 0.4) is 0 Å². The number of benzene rings is 2. The van der Waals surface area contributed by atoms with Gasteiger partial charge in [0.25, 0.3) is 11.8 Å². The van der Waals surface area contributed by atoms with Crippen molar-refractivity contribution in [2.75, 3.05) is 22.1 Å². The van der Waals surface area contributed by atoms with Crippen molar-refractivity contribution in [3.05, 3.63) is 82.0 Å². The molecule has 32 heavy (non-hydrogen) atoms. The predicted octanol–water partition coefficient (Wildman–Crippen LogP) is 4.72.